The van der Waals surface area contributed by atoms with Gasteiger partial charge >= 0.3 is 0 Å². The Morgan fingerprint density at radius 1 is 1.04 bits per heavy atom. The molecule has 3 aliphatic rings. The number of piperidine rings is 2. The van der Waals surface area contributed by atoms with Crippen molar-refractivity contribution < 1.29 is 4.79 Å². The molecule has 0 atom stereocenters. The summed E-state index contributed by atoms with van der Waals surface area (Å²) in [5, 5.41) is 3.46. The van der Waals surface area contributed by atoms with E-state index in [1.54, 1.807) is 0 Å². The second-order valence-electron chi connectivity index (χ2n) is 8.20. The van der Waals surface area contributed by atoms with E-state index >= 15 is 0 Å². The summed E-state index contributed by atoms with van der Waals surface area (Å²) in [5.41, 5.74) is 7.94. The summed E-state index contributed by atoms with van der Waals surface area (Å²) in [6, 6.07) is 0. The lowest BCUT2D eigenvalue weighted by molar-refractivity contribution is -0.132. The molecule has 7 nitrogen and oxygen atoms in total. The first-order valence-electron chi connectivity index (χ1n) is 10.5. The van der Waals surface area contributed by atoms with Crippen molar-refractivity contribution in [2.45, 2.75) is 57.4 Å². The molecule has 0 saturated carbocycles. The molecule has 3 N–H and O–H groups in total. The molecule has 1 amide bonds. The average Bonchev–Trinajstić information content (AvgIpc) is 2.93. The largest absolute Gasteiger partial charge is 0.368 e. The molecule has 7 heteroatoms. The van der Waals surface area contributed by atoms with Crippen LogP contribution in [0.5, 0.6) is 0 Å². The van der Waals surface area contributed by atoms with Gasteiger partial charge < -0.3 is 16.0 Å². The van der Waals surface area contributed by atoms with Crippen LogP contribution in [-0.4, -0.2) is 65.6 Å². The number of nitrogens with one attached hydrogen (secondary N) is 1. The van der Waals surface area contributed by atoms with E-state index in [0.29, 0.717) is 0 Å². The van der Waals surface area contributed by atoms with Gasteiger partial charge in [0.15, 0.2) is 0 Å². The lowest BCUT2D eigenvalue weighted by Gasteiger charge is -2.48. The minimum absolute atomic E-state index is 0.147. The number of hydrogen-bond acceptors (Lipinski definition) is 6. The number of hydrogen-bond donors (Lipinski definition) is 2. The lowest BCUT2D eigenvalue weighted by Crippen LogP contribution is -2.63. The minimum Gasteiger partial charge on any atom is -0.368 e. The topological polar surface area (TPSA) is 87.4 Å². The fraction of sp³-hybridized carbons (Fsp3) is 0.750. The Kier molecular flexibility index (Phi) is 5.32. The summed E-state index contributed by atoms with van der Waals surface area (Å²) in [4.78, 5) is 26.7. The summed E-state index contributed by atoms with van der Waals surface area (Å²) in [6.45, 7) is 7.58. The SMILES string of the molecule is Cc1nc2c(c(N3CCC(C(N)=O)(N4CCCCC4)CC3)n1)CCNCC2. The third-order valence-electron chi connectivity index (χ3n) is 6.58. The molecular weight excluding hydrogens is 340 g/mol. The molecule has 2 fully saturated rings. The number of carbonyl (C=O) groups is 1. The predicted octanol–water partition coefficient (Wildman–Crippen LogP) is 0.783. The molecule has 0 radical (unpaired) electrons. The zero-order valence-corrected chi connectivity index (χ0v) is 16.5. The van der Waals surface area contributed by atoms with Crippen molar-refractivity contribution in [1.29, 1.82) is 0 Å². The van der Waals surface area contributed by atoms with Gasteiger partial charge in [0, 0.05) is 31.6 Å². The van der Waals surface area contributed by atoms with E-state index in [2.05, 4.69) is 15.1 Å². The second-order valence-corrected chi connectivity index (χ2v) is 8.20. The number of carbonyl (C=O) groups excluding carboxylic acids is 1. The summed E-state index contributed by atoms with van der Waals surface area (Å²) in [7, 11) is 0. The Hall–Kier alpha value is -1.73. The van der Waals surface area contributed by atoms with Crippen molar-refractivity contribution in [3.8, 4) is 0 Å². The molecule has 148 valence electrons. The van der Waals surface area contributed by atoms with E-state index < -0.39 is 5.54 Å². The Morgan fingerprint density at radius 3 is 2.44 bits per heavy atom. The summed E-state index contributed by atoms with van der Waals surface area (Å²) in [5.74, 6) is 1.78. The number of amides is 1. The highest BCUT2D eigenvalue weighted by molar-refractivity contribution is 5.85. The Labute approximate surface area is 161 Å². The van der Waals surface area contributed by atoms with Crippen LogP contribution in [0.2, 0.25) is 0 Å². The van der Waals surface area contributed by atoms with Crippen LogP contribution in [0.4, 0.5) is 5.82 Å². The molecule has 1 aromatic heterocycles. The number of aryl methyl sites for hydroxylation is 1. The lowest BCUT2D eigenvalue weighted by atomic mass is 9.83. The van der Waals surface area contributed by atoms with Gasteiger partial charge in [-0.25, -0.2) is 9.97 Å². The Morgan fingerprint density at radius 2 is 1.74 bits per heavy atom. The van der Waals surface area contributed by atoms with Crippen LogP contribution in [0.15, 0.2) is 0 Å². The molecule has 4 heterocycles. The van der Waals surface area contributed by atoms with E-state index in [-0.39, 0.29) is 5.91 Å². The second kappa shape index (κ2) is 7.72. The highest BCUT2D eigenvalue weighted by Gasteiger charge is 2.45. The van der Waals surface area contributed by atoms with Crippen LogP contribution in [0, 0.1) is 6.92 Å². The molecule has 0 aliphatic carbocycles. The summed E-state index contributed by atoms with van der Waals surface area (Å²) >= 11 is 0. The fourth-order valence-corrected chi connectivity index (χ4v) is 5.04. The summed E-state index contributed by atoms with van der Waals surface area (Å²) in [6.07, 6.45) is 7.11. The van der Waals surface area contributed by atoms with Crippen molar-refractivity contribution in [2.75, 3.05) is 44.2 Å². The van der Waals surface area contributed by atoms with Crippen LogP contribution in [0.25, 0.3) is 0 Å². The third kappa shape index (κ3) is 3.55. The number of nitrogens with zero attached hydrogens (tertiary/aromatic N) is 4. The molecule has 4 rings (SSSR count). The maximum atomic E-state index is 12.5. The fourth-order valence-electron chi connectivity index (χ4n) is 5.04. The van der Waals surface area contributed by atoms with E-state index in [4.69, 9.17) is 15.7 Å². The van der Waals surface area contributed by atoms with Gasteiger partial charge in [0.25, 0.3) is 0 Å². The number of fused-ring (bicyclic) bond motifs is 1. The zero-order valence-electron chi connectivity index (χ0n) is 16.5. The summed E-state index contributed by atoms with van der Waals surface area (Å²) < 4.78 is 0. The highest BCUT2D eigenvalue weighted by atomic mass is 16.1. The van der Waals surface area contributed by atoms with Gasteiger partial charge in [-0.1, -0.05) is 6.42 Å². The van der Waals surface area contributed by atoms with Crippen molar-refractivity contribution in [1.82, 2.24) is 20.2 Å². The average molecular weight is 373 g/mol. The number of rotatable bonds is 3. The Balaban J connectivity index is 1.57. The van der Waals surface area contributed by atoms with Crippen LogP contribution >= 0.6 is 0 Å². The molecule has 0 spiro atoms. The van der Waals surface area contributed by atoms with Crippen molar-refractivity contribution >= 4 is 11.7 Å². The number of anilines is 1. The normalized spacial score (nSPS) is 23.5. The van der Waals surface area contributed by atoms with Crippen LogP contribution in [-0.2, 0) is 17.6 Å². The van der Waals surface area contributed by atoms with Gasteiger partial charge in [0.1, 0.15) is 17.2 Å². The standard InChI is InChI=1S/C20H32N6O/c1-15-23-17-6-10-22-9-5-16(17)18(24-15)25-13-7-20(8-14-25,19(21)27)26-11-3-2-4-12-26/h22H,2-14H2,1H3,(H2,21,27). The smallest absolute Gasteiger partial charge is 0.238 e. The number of aromatic nitrogens is 2. The van der Waals surface area contributed by atoms with Gasteiger partial charge in [-0.05, 0) is 58.7 Å². The first-order valence-corrected chi connectivity index (χ1v) is 10.5. The van der Waals surface area contributed by atoms with E-state index in [0.717, 1.165) is 76.6 Å². The van der Waals surface area contributed by atoms with Gasteiger partial charge in [-0.3, -0.25) is 9.69 Å². The molecule has 27 heavy (non-hydrogen) atoms. The van der Waals surface area contributed by atoms with Crippen molar-refractivity contribution in [3.05, 3.63) is 17.1 Å². The van der Waals surface area contributed by atoms with Crippen molar-refractivity contribution in [3.63, 3.8) is 0 Å². The number of likely N-dealkylation sites (tertiary alicyclic amines) is 1. The molecule has 1 aromatic rings. The van der Waals surface area contributed by atoms with Gasteiger partial charge in [0.2, 0.25) is 5.91 Å². The molecule has 0 aromatic carbocycles. The van der Waals surface area contributed by atoms with E-state index in [1.165, 1.54) is 30.5 Å². The monoisotopic (exact) mass is 372 g/mol. The minimum atomic E-state index is -0.475. The van der Waals surface area contributed by atoms with E-state index in [1.807, 2.05) is 6.92 Å². The Bertz CT molecular complexity index is 692. The van der Waals surface area contributed by atoms with E-state index in [9.17, 15) is 4.79 Å². The first-order chi connectivity index (χ1) is 13.1. The molecule has 3 aliphatic heterocycles. The van der Waals surface area contributed by atoms with Gasteiger partial charge in [0.05, 0.1) is 5.69 Å². The molecule has 0 bridgehead atoms. The molecule has 2 saturated heterocycles. The van der Waals surface area contributed by atoms with Crippen molar-refractivity contribution in [2.24, 2.45) is 5.73 Å². The molecule has 0 unspecified atom stereocenters. The van der Waals surface area contributed by atoms with Gasteiger partial charge in [-0.2, -0.15) is 0 Å². The predicted molar refractivity (Wildman–Crippen MR) is 106 cm³/mol. The first kappa shape index (κ1) is 18.6. The quantitative estimate of drug-likeness (QED) is 0.815. The van der Waals surface area contributed by atoms with Crippen LogP contribution in [0.3, 0.4) is 0 Å². The van der Waals surface area contributed by atoms with Gasteiger partial charge in [-0.15, -0.1) is 0 Å². The zero-order chi connectivity index (χ0) is 18.9. The third-order valence-corrected chi connectivity index (χ3v) is 6.58. The van der Waals surface area contributed by atoms with Crippen LogP contribution < -0.4 is 16.0 Å². The van der Waals surface area contributed by atoms with Crippen LogP contribution in [0.1, 0.15) is 49.2 Å². The number of primary amides is 1. The molecular formula is C20H32N6O. The maximum absolute atomic E-state index is 12.5. The maximum Gasteiger partial charge on any atom is 0.238 e. The highest BCUT2D eigenvalue weighted by Crippen LogP contribution is 2.34. The number of nitrogens with two attached hydrogens (primary N) is 1.